The molecule has 106 valence electrons. The minimum atomic E-state index is -2.05. The Balaban J connectivity index is 1.96. The molecule has 3 aromatic rings. The maximum absolute atomic E-state index is 10.7. The van der Waals surface area contributed by atoms with Gasteiger partial charge in [0, 0.05) is 16.6 Å². The molecule has 0 aliphatic heterocycles. The van der Waals surface area contributed by atoms with Crippen LogP contribution in [0.2, 0.25) is 0 Å². The lowest BCUT2D eigenvalue weighted by molar-refractivity contribution is 0.570. The highest BCUT2D eigenvalue weighted by Crippen LogP contribution is 2.23. The van der Waals surface area contributed by atoms with Gasteiger partial charge < -0.3 is 0 Å². The average Bonchev–Trinajstić information content (AvgIpc) is 2.47. The van der Waals surface area contributed by atoms with Gasteiger partial charge in [-0.2, -0.15) is 0 Å². The van der Waals surface area contributed by atoms with Crippen molar-refractivity contribution in [1.82, 2.24) is 4.98 Å². The van der Waals surface area contributed by atoms with Crippen LogP contribution in [0.3, 0.4) is 0 Å². The standard InChI is InChI=1S/C16H14N2O2S/c1-11-2-8-16-13(10-11)5-9-15(17-16)12-3-6-14(7-4-12)18-21(19)20/h2-10,18H,1H3,(H,19,20). The van der Waals surface area contributed by atoms with Crippen molar-refractivity contribution in [2.75, 3.05) is 4.72 Å². The van der Waals surface area contributed by atoms with E-state index in [9.17, 15) is 4.21 Å². The molecule has 1 atom stereocenters. The number of aromatic nitrogens is 1. The molecule has 1 aromatic heterocycles. The van der Waals surface area contributed by atoms with Crippen molar-refractivity contribution in [3.8, 4) is 11.3 Å². The average molecular weight is 298 g/mol. The van der Waals surface area contributed by atoms with Crippen LogP contribution in [-0.4, -0.2) is 13.7 Å². The van der Waals surface area contributed by atoms with Gasteiger partial charge in [-0.05, 0) is 37.3 Å². The van der Waals surface area contributed by atoms with Gasteiger partial charge >= 0.3 is 0 Å². The monoisotopic (exact) mass is 298 g/mol. The molecule has 1 heterocycles. The first-order chi connectivity index (χ1) is 10.1. The van der Waals surface area contributed by atoms with E-state index >= 15 is 0 Å². The van der Waals surface area contributed by atoms with Crippen LogP contribution < -0.4 is 4.72 Å². The molecule has 0 amide bonds. The number of aryl methyl sites for hydroxylation is 1. The summed E-state index contributed by atoms with van der Waals surface area (Å²) in [6.07, 6.45) is 0. The zero-order chi connectivity index (χ0) is 14.8. The summed E-state index contributed by atoms with van der Waals surface area (Å²) in [4.78, 5) is 4.65. The molecule has 0 saturated carbocycles. The third-order valence-electron chi connectivity index (χ3n) is 3.23. The van der Waals surface area contributed by atoms with E-state index in [2.05, 4.69) is 28.8 Å². The van der Waals surface area contributed by atoms with Crippen LogP contribution in [0.1, 0.15) is 5.56 Å². The van der Waals surface area contributed by atoms with Gasteiger partial charge in [0.1, 0.15) is 0 Å². The minimum absolute atomic E-state index is 0.594. The number of nitrogens with one attached hydrogen (secondary N) is 1. The lowest BCUT2D eigenvalue weighted by Gasteiger charge is -2.06. The summed E-state index contributed by atoms with van der Waals surface area (Å²) in [6.45, 7) is 2.06. The van der Waals surface area contributed by atoms with Crippen molar-refractivity contribution in [3.05, 3.63) is 60.2 Å². The van der Waals surface area contributed by atoms with E-state index in [1.165, 1.54) is 5.56 Å². The number of benzene rings is 2. The topological polar surface area (TPSA) is 62.2 Å². The Morgan fingerprint density at radius 1 is 1.05 bits per heavy atom. The van der Waals surface area contributed by atoms with E-state index in [1.54, 1.807) is 12.1 Å². The van der Waals surface area contributed by atoms with Gasteiger partial charge in [0.15, 0.2) is 0 Å². The van der Waals surface area contributed by atoms with Crippen molar-refractivity contribution in [1.29, 1.82) is 0 Å². The summed E-state index contributed by atoms with van der Waals surface area (Å²) in [5.74, 6) is 0. The Bertz CT molecular complexity index is 816. The first kappa shape index (κ1) is 13.7. The largest absolute Gasteiger partial charge is 0.289 e. The third kappa shape index (κ3) is 3.09. The number of rotatable bonds is 3. The van der Waals surface area contributed by atoms with E-state index in [-0.39, 0.29) is 0 Å². The molecule has 0 radical (unpaired) electrons. The van der Waals surface area contributed by atoms with Gasteiger partial charge in [-0.3, -0.25) is 9.27 Å². The van der Waals surface area contributed by atoms with Gasteiger partial charge in [-0.25, -0.2) is 9.19 Å². The Morgan fingerprint density at radius 3 is 2.52 bits per heavy atom. The van der Waals surface area contributed by atoms with Crippen LogP contribution in [-0.2, 0) is 11.3 Å². The molecule has 0 aliphatic carbocycles. The number of hydrogen-bond acceptors (Lipinski definition) is 2. The SMILES string of the molecule is Cc1ccc2nc(-c3ccc(NS(=O)O)cc3)ccc2c1. The zero-order valence-corrected chi connectivity index (χ0v) is 12.2. The molecular weight excluding hydrogens is 284 g/mol. The number of fused-ring (bicyclic) bond motifs is 1. The van der Waals surface area contributed by atoms with Crippen LogP contribution in [0.15, 0.2) is 54.6 Å². The van der Waals surface area contributed by atoms with E-state index in [1.807, 2.05) is 30.3 Å². The zero-order valence-electron chi connectivity index (χ0n) is 11.4. The highest BCUT2D eigenvalue weighted by atomic mass is 32.2. The Hall–Kier alpha value is -2.24. The lowest BCUT2D eigenvalue weighted by Crippen LogP contribution is -2.01. The normalized spacial score (nSPS) is 12.3. The number of anilines is 1. The fraction of sp³-hybridized carbons (Fsp3) is 0.0625. The van der Waals surface area contributed by atoms with Crippen molar-refractivity contribution in [2.45, 2.75) is 6.92 Å². The molecule has 0 spiro atoms. The second-order valence-corrected chi connectivity index (χ2v) is 5.52. The van der Waals surface area contributed by atoms with Crippen LogP contribution >= 0.6 is 0 Å². The van der Waals surface area contributed by atoms with Gasteiger partial charge in [0.2, 0.25) is 0 Å². The second kappa shape index (κ2) is 5.63. The Labute approximate surface area is 125 Å². The molecule has 3 rings (SSSR count). The number of pyridine rings is 1. The molecule has 0 aliphatic rings. The van der Waals surface area contributed by atoms with Crippen molar-refractivity contribution < 1.29 is 8.76 Å². The summed E-state index contributed by atoms with van der Waals surface area (Å²) < 4.78 is 21.9. The smallest absolute Gasteiger partial charge is 0.259 e. The Morgan fingerprint density at radius 2 is 1.81 bits per heavy atom. The van der Waals surface area contributed by atoms with E-state index in [0.717, 1.165) is 22.2 Å². The second-order valence-electron chi connectivity index (χ2n) is 4.82. The molecule has 1 unspecified atom stereocenters. The summed E-state index contributed by atoms with van der Waals surface area (Å²) in [7, 11) is 0. The number of nitrogens with zero attached hydrogens (tertiary/aromatic N) is 1. The van der Waals surface area contributed by atoms with Gasteiger partial charge in [0.05, 0.1) is 11.2 Å². The van der Waals surface area contributed by atoms with Crippen LogP contribution in [0.25, 0.3) is 22.2 Å². The molecule has 0 fully saturated rings. The van der Waals surface area contributed by atoms with Gasteiger partial charge in [-0.15, -0.1) is 0 Å². The summed E-state index contributed by atoms with van der Waals surface area (Å²) in [6, 6.07) is 17.5. The highest BCUT2D eigenvalue weighted by molar-refractivity contribution is 7.80. The molecule has 4 nitrogen and oxygen atoms in total. The van der Waals surface area contributed by atoms with Crippen LogP contribution in [0, 0.1) is 6.92 Å². The number of hydrogen-bond donors (Lipinski definition) is 2. The maximum Gasteiger partial charge on any atom is 0.259 e. The van der Waals surface area contributed by atoms with Gasteiger partial charge in [0.25, 0.3) is 11.3 Å². The van der Waals surface area contributed by atoms with Crippen molar-refractivity contribution >= 4 is 27.9 Å². The van der Waals surface area contributed by atoms with E-state index < -0.39 is 11.3 Å². The van der Waals surface area contributed by atoms with E-state index in [4.69, 9.17) is 4.55 Å². The van der Waals surface area contributed by atoms with Crippen molar-refractivity contribution in [2.24, 2.45) is 0 Å². The van der Waals surface area contributed by atoms with Crippen molar-refractivity contribution in [3.63, 3.8) is 0 Å². The minimum Gasteiger partial charge on any atom is -0.289 e. The predicted octanol–water partition coefficient (Wildman–Crippen LogP) is 3.76. The highest BCUT2D eigenvalue weighted by Gasteiger charge is 2.03. The maximum atomic E-state index is 10.7. The summed E-state index contributed by atoms with van der Waals surface area (Å²) in [5, 5.41) is 1.12. The predicted molar refractivity (Wildman–Crippen MR) is 86.3 cm³/mol. The molecule has 2 N–H and O–H groups in total. The molecule has 21 heavy (non-hydrogen) atoms. The molecular formula is C16H14N2O2S. The van der Waals surface area contributed by atoms with Crippen LogP contribution in [0.5, 0.6) is 0 Å². The van der Waals surface area contributed by atoms with Gasteiger partial charge in [-0.1, -0.05) is 29.8 Å². The lowest BCUT2D eigenvalue weighted by atomic mass is 10.1. The van der Waals surface area contributed by atoms with Crippen LogP contribution in [0.4, 0.5) is 5.69 Å². The summed E-state index contributed by atoms with van der Waals surface area (Å²) >= 11 is -2.05. The Kier molecular flexibility index (Phi) is 3.68. The molecule has 2 aromatic carbocycles. The van der Waals surface area contributed by atoms with E-state index in [0.29, 0.717) is 5.69 Å². The first-order valence-corrected chi connectivity index (χ1v) is 7.58. The first-order valence-electron chi connectivity index (χ1n) is 6.47. The molecule has 5 heteroatoms. The quantitative estimate of drug-likeness (QED) is 0.724. The fourth-order valence-electron chi connectivity index (χ4n) is 2.22. The molecule has 0 bridgehead atoms. The third-order valence-corrected chi connectivity index (χ3v) is 3.64. The summed E-state index contributed by atoms with van der Waals surface area (Å²) in [5.41, 5.74) is 4.60. The fourth-order valence-corrected chi connectivity index (χ4v) is 2.55. The molecule has 0 saturated heterocycles.